The van der Waals surface area contributed by atoms with Crippen LogP contribution in [0.1, 0.15) is 84.5 Å². The molecular formula is C52H69N7O7. The average Bonchev–Trinajstić information content (AvgIpc) is 3.92. The van der Waals surface area contributed by atoms with Crippen LogP contribution in [0.5, 0.6) is 0 Å². The lowest BCUT2D eigenvalue weighted by Gasteiger charge is -2.37. The molecule has 14 heteroatoms. The van der Waals surface area contributed by atoms with Crippen LogP contribution in [-0.4, -0.2) is 120 Å². The third kappa shape index (κ3) is 10.5. The Morgan fingerprint density at radius 3 is 2.47 bits per heavy atom. The van der Waals surface area contributed by atoms with Gasteiger partial charge in [-0.25, -0.2) is 5.43 Å². The number of hydrazine groups is 1. The van der Waals surface area contributed by atoms with Gasteiger partial charge in [-0.05, 0) is 92.8 Å². The number of benzene rings is 2. The lowest BCUT2D eigenvalue weighted by molar-refractivity contribution is -0.155. The molecule has 3 aromatic rings. The largest absolute Gasteiger partial charge is 0.464 e. The van der Waals surface area contributed by atoms with Gasteiger partial charge in [0.15, 0.2) is 0 Å². The van der Waals surface area contributed by atoms with E-state index in [0.29, 0.717) is 45.3 Å². The van der Waals surface area contributed by atoms with Crippen molar-refractivity contribution in [2.45, 2.75) is 111 Å². The number of hydrogen-bond donors (Lipinski definition) is 2. The van der Waals surface area contributed by atoms with Crippen molar-refractivity contribution in [2.24, 2.45) is 22.2 Å². The Balaban J connectivity index is 1.44. The van der Waals surface area contributed by atoms with Crippen LogP contribution in [0.25, 0.3) is 27.6 Å². The zero-order valence-electron chi connectivity index (χ0n) is 40.3. The number of amides is 4. The number of hydrogen-bond acceptors (Lipinski definition) is 9. The SMILES string of the molecule is C=CC(=O)N1CC[C@H](C(=O)N(C)[C@H](C(=O)N[C@H]2Cc3cccc(c3)-c3ccc4c(c3)c(c(/C(C=C)=C(/N=C\C)[C@H](C)OC)n4CC)CC(C)(C)COC(=O)[C@@H]3CCCN(N3)C2=O)C(C)C)C1. The van der Waals surface area contributed by atoms with E-state index >= 15 is 0 Å². The van der Waals surface area contributed by atoms with E-state index in [1.807, 2.05) is 52.0 Å². The van der Waals surface area contributed by atoms with E-state index in [2.05, 4.69) is 73.5 Å². The second-order valence-corrected chi connectivity index (χ2v) is 18.9. The first-order chi connectivity index (χ1) is 31.5. The summed E-state index contributed by atoms with van der Waals surface area (Å²) < 4.78 is 14.2. The highest BCUT2D eigenvalue weighted by molar-refractivity contribution is 5.96. The quantitative estimate of drug-likeness (QED) is 0.0903. The van der Waals surface area contributed by atoms with E-state index in [4.69, 9.17) is 14.5 Å². The van der Waals surface area contributed by atoms with Gasteiger partial charge in [0, 0.05) is 74.9 Å². The number of ether oxygens (including phenoxy) is 2. The van der Waals surface area contributed by atoms with Crippen LogP contribution in [-0.2, 0) is 52.8 Å². The number of esters is 1. The van der Waals surface area contributed by atoms with Gasteiger partial charge < -0.3 is 29.2 Å². The molecule has 0 unspecified atom stereocenters. The van der Waals surface area contributed by atoms with E-state index in [9.17, 15) is 24.0 Å². The van der Waals surface area contributed by atoms with Crippen LogP contribution in [0.2, 0.25) is 0 Å². The molecular weight excluding hydrogens is 835 g/mol. The normalized spacial score (nSPS) is 21.5. The Kier molecular flexibility index (Phi) is 15.9. The fourth-order valence-corrected chi connectivity index (χ4v) is 9.80. The van der Waals surface area contributed by atoms with Crippen LogP contribution in [0, 0.1) is 17.3 Å². The highest BCUT2D eigenvalue weighted by Crippen LogP contribution is 2.40. The zero-order valence-corrected chi connectivity index (χ0v) is 40.3. The van der Waals surface area contributed by atoms with Crippen molar-refractivity contribution in [1.82, 2.24) is 30.1 Å². The number of likely N-dealkylation sites (N-methyl/N-ethyl adjacent to an activating group) is 1. The van der Waals surface area contributed by atoms with Crippen molar-refractivity contribution in [3.05, 3.63) is 90.3 Å². The number of nitrogens with zero attached hydrogens (tertiary/aromatic N) is 5. The lowest BCUT2D eigenvalue weighted by Crippen LogP contribution is -2.62. The van der Waals surface area contributed by atoms with Gasteiger partial charge >= 0.3 is 5.97 Å². The topological polar surface area (TPSA) is 155 Å². The number of allylic oxidation sites excluding steroid dienone is 2. The second-order valence-electron chi connectivity index (χ2n) is 18.9. The van der Waals surface area contributed by atoms with Gasteiger partial charge in [0.2, 0.25) is 17.7 Å². The van der Waals surface area contributed by atoms with Gasteiger partial charge in [0.1, 0.15) is 18.1 Å². The molecule has 5 atom stereocenters. The van der Waals surface area contributed by atoms with Crippen molar-refractivity contribution in [2.75, 3.05) is 40.4 Å². The third-order valence-electron chi connectivity index (χ3n) is 13.2. The number of carbonyl (C=O) groups is 5. The molecule has 2 aromatic carbocycles. The number of nitrogens with one attached hydrogen (secondary N) is 2. The van der Waals surface area contributed by atoms with E-state index in [1.54, 1.807) is 25.3 Å². The first kappa shape index (κ1) is 49.6. The fourth-order valence-electron chi connectivity index (χ4n) is 9.80. The predicted octanol–water partition coefficient (Wildman–Crippen LogP) is 6.52. The van der Waals surface area contributed by atoms with Crippen LogP contribution in [0.4, 0.5) is 0 Å². The maximum atomic E-state index is 14.7. The number of aliphatic imine (C=N–C) groups is 1. The zero-order chi connectivity index (χ0) is 48.0. The van der Waals surface area contributed by atoms with Crippen molar-refractivity contribution in [3.8, 4) is 11.1 Å². The number of cyclic esters (lactones) is 1. The highest BCUT2D eigenvalue weighted by Gasteiger charge is 2.40. The molecule has 2 N–H and O–H groups in total. The number of carbonyl (C=O) groups excluding carboxylic acids is 5. The number of methoxy groups -OCH3 is 1. The Hall–Kier alpha value is -5.86. The molecule has 4 amide bonds. The summed E-state index contributed by atoms with van der Waals surface area (Å²) in [5.74, 6) is -2.60. The molecule has 0 aliphatic carbocycles. The molecule has 354 valence electrons. The molecule has 6 bridgehead atoms. The third-order valence-corrected chi connectivity index (χ3v) is 13.2. The summed E-state index contributed by atoms with van der Waals surface area (Å²) in [4.78, 5) is 77.2. The summed E-state index contributed by atoms with van der Waals surface area (Å²) in [5, 5.41) is 5.53. The van der Waals surface area contributed by atoms with Crippen LogP contribution in [0.15, 0.2) is 78.5 Å². The van der Waals surface area contributed by atoms with Gasteiger partial charge in [0.25, 0.3) is 5.91 Å². The number of likely N-dealkylation sites (tertiary alicyclic amines) is 1. The molecule has 1 aromatic heterocycles. The summed E-state index contributed by atoms with van der Waals surface area (Å²) in [6.45, 7) is 23.5. The Labute approximate surface area is 390 Å². The molecule has 6 rings (SSSR count). The molecule has 3 aliphatic heterocycles. The molecule has 0 radical (unpaired) electrons. The monoisotopic (exact) mass is 904 g/mol. The number of rotatable bonds is 12. The molecule has 0 saturated carbocycles. The summed E-state index contributed by atoms with van der Waals surface area (Å²) in [5.41, 5.74) is 10.0. The Morgan fingerprint density at radius 2 is 1.80 bits per heavy atom. The average molecular weight is 904 g/mol. The summed E-state index contributed by atoms with van der Waals surface area (Å²) in [6.07, 6.45) is 6.71. The number of fused-ring (bicyclic) bond motifs is 6. The minimum Gasteiger partial charge on any atom is -0.464 e. The minimum absolute atomic E-state index is 0.116. The van der Waals surface area contributed by atoms with E-state index in [0.717, 1.165) is 50.1 Å². The molecule has 3 aliphatic rings. The van der Waals surface area contributed by atoms with Crippen molar-refractivity contribution >= 4 is 52.3 Å². The Bertz CT molecular complexity index is 2410. The maximum absolute atomic E-state index is 14.7. The van der Waals surface area contributed by atoms with Gasteiger partial charge in [-0.3, -0.25) is 34.0 Å². The van der Waals surface area contributed by atoms with E-state index in [1.165, 1.54) is 16.0 Å². The standard InChI is InChI=1S/C52H69N7O7/c1-12-38(45(53-14-3)33(7)65-11)47-40-29-52(8,9)31-66-51(64)41-20-17-24-59(55-41)50(63)42(27-34-18-16-19-35(26-34)36-21-22-43(39(40)28-36)58(47)15-4)54-48(61)46(32(5)6)56(10)49(62)37-23-25-57(30-37)44(60)13-2/h12-14,16,18-19,21-22,26,28,32-33,37,41-42,46,55H,1-2,15,17,20,23-25,27,29-31H2,3-11H3,(H,54,61)/b45-38+,53-14-/t33-,37-,41-,42-,46-/m0/s1. The summed E-state index contributed by atoms with van der Waals surface area (Å²) in [6, 6.07) is 11.7. The van der Waals surface area contributed by atoms with Crippen molar-refractivity contribution in [1.29, 1.82) is 0 Å². The van der Waals surface area contributed by atoms with Gasteiger partial charge in [0.05, 0.1) is 30.0 Å². The molecule has 4 heterocycles. The number of aromatic nitrogens is 1. The van der Waals surface area contributed by atoms with E-state index < -0.39 is 47.2 Å². The first-order valence-corrected chi connectivity index (χ1v) is 23.3. The van der Waals surface area contributed by atoms with Crippen LogP contribution in [0.3, 0.4) is 0 Å². The van der Waals surface area contributed by atoms with Crippen molar-refractivity contribution in [3.63, 3.8) is 0 Å². The van der Waals surface area contributed by atoms with Gasteiger partial charge in [-0.15, -0.1) is 0 Å². The predicted molar refractivity (Wildman–Crippen MR) is 259 cm³/mol. The Morgan fingerprint density at radius 1 is 1.06 bits per heavy atom. The molecule has 14 nitrogen and oxygen atoms in total. The number of aryl methyl sites for hydroxylation is 1. The van der Waals surface area contributed by atoms with Gasteiger partial charge in [-0.2, -0.15) is 0 Å². The minimum atomic E-state index is -1.06. The summed E-state index contributed by atoms with van der Waals surface area (Å²) in [7, 11) is 3.28. The maximum Gasteiger partial charge on any atom is 0.324 e. The smallest absolute Gasteiger partial charge is 0.324 e. The molecule has 2 fully saturated rings. The van der Waals surface area contributed by atoms with Gasteiger partial charge in [-0.1, -0.05) is 77.3 Å². The summed E-state index contributed by atoms with van der Waals surface area (Å²) >= 11 is 0. The van der Waals surface area contributed by atoms with E-state index in [-0.39, 0.29) is 43.4 Å². The second kappa shape index (κ2) is 21.2. The van der Waals surface area contributed by atoms with Crippen LogP contribution >= 0.6 is 0 Å². The fraction of sp³-hybridized carbons (Fsp3) is 0.500. The molecule has 66 heavy (non-hydrogen) atoms. The molecule has 0 spiro atoms. The van der Waals surface area contributed by atoms with Crippen LogP contribution < -0.4 is 10.7 Å². The van der Waals surface area contributed by atoms with Crippen molar-refractivity contribution < 1.29 is 33.4 Å². The highest BCUT2D eigenvalue weighted by atomic mass is 16.5. The first-order valence-electron chi connectivity index (χ1n) is 23.3. The molecule has 2 saturated heterocycles. The lowest BCUT2D eigenvalue weighted by atomic mass is 9.84.